The highest BCUT2D eigenvalue weighted by atomic mass is 32.1. The van der Waals surface area contributed by atoms with Crippen molar-refractivity contribution in [1.82, 2.24) is 10.2 Å². The van der Waals surface area contributed by atoms with Crippen LogP contribution in [0.3, 0.4) is 0 Å². The molecule has 0 spiro atoms. The minimum Gasteiger partial charge on any atom is -0.378 e. The summed E-state index contributed by atoms with van der Waals surface area (Å²) in [7, 11) is 0. The van der Waals surface area contributed by atoms with Crippen molar-refractivity contribution in [2.75, 3.05) is 5.32 Å². The van der Waals surface area contributed by atoms with E-state index in [0.29, 0.717) is 6.42 Å². The van der Waals surface area contributed by atoms with Crippen LogP contribution >= 0.6 is 11.3 Å². The second-order valence-corrected chi connectivity index (χ2v) is 7.83. The van der Waals surface area contributed by atoms with E-state index in [1.165, 1.54) is 0 Å². The predicted octanol–water partition coefficient (Wildman–Crippen LogP) is 3.22. The molecular formula is C19H17N3O2S. The third-order valence-electron chi connectivity index (χ3n) is 4.11. The van der Waals surface area contributed by atoms with Gasteiger partial charge in [-0.2, -0.15) is 5.10 Å². The Morgan fingerprint density at radius 3 is 3.00 bits per heavy atom. The van der Waals surface area contributed by atoms with Crippen LogP contribution in [0.4, 0.5) is 5.69 Å². The Morgan fingerprint density at radius 1 is 1.36 bits per heavy atom. The molecule has 1 aliphatic rings. The molecule has 1 amide bonds. The summed E-state index contributed by atoms with van der Waals surface area (Å²) in [4.78, 5) is 14.1. The number of aromatic amines is 1. The molecule has 1 aromatic carbocycles. The van der Waals surface area contributed by atoms with Crippen molar-refractivity contribution in [3.8, 4) is 11.8 Å². The van der Waals surface area contributed by atoms with Crippen molar-refractivity contribution in [3.63, 3.8) is 0 Å². The minimum atomic E-state index is -1.02. The number of fused-ring (bicyclic) bond motifs is 2. The smallest absolute Gasteiger partial charge is 0.225 e. The lowest BCUT2D eigenvalue weighted by Crippen LogP contribution is -2.23. The van der Waals surface area contributed by atoms with Crippen molar-refractivity contribution in [3.05, 3.63) is 45.8 Å². The highest BCUT2D eigenvalue weighted by molar-refractivity contribution is 7.12. The molecule has 3 heterocycles. The van der Waals surface area contributed by atoms with Gasteiger partial charge in [-0.3, -0.25) is 9.89 Å². The van der Waals surface area contributed by atoms with E-state index >= 15 is 0 Å². The monoisotopic (exact) mass is 351 g/mol. The summed E-state index contributed by atoms with van der Waals surface area (Å²) in [5.74, 6) is 5.85. The van der Waals surface area contributed by atoms with Crippen molar-refractivity contribution in [2.45, 2.75) is 31.8 Å². The number of nitrogens with zero attached hydrogens (tertiary/aromatic N) is 1. The van der Waals surface area contributed by atoms with E-state index in [1.54, 1.807) is 31.4 Å². The van der Waals surface area contributed by atoms with Crippen molar-refractivity contribution >= 4 is 33.8 Å². The van der Waals surface area contributed by atoms with Crippen LogP contribution in [0.5, 0.6) is 0 Å². The Balaban J connectivity index is 1.75. The molecule has 0 saturated heterocycles. The average Bonchev–Trinajstić information content (AvgIpc) is 3.18. The van der Waals surface area contributed by atoms with Gasteiger partial charge in [-0.25, -0.2) is 0 Å². The molecule has 3 aromatic rings. The normalized spacial score (nSPS) is 16.9. The molecule has 1 aliphatic heterocycles. The van der Waals surface area contributed by atoms with Crippen LogP contribution < -0.4 is 5.32 Å². The molecule has 2 aromatic heterocycles. The largest absolute Gasteiger partial charge is 0.378 e. The first-order chi connectivity index (χ1) is 11.9. The summed E-state index contributed by atoms with van der Waals surface area (Å²) in [6.07, 6.45) is 2.20. The number of carbonyl (C=O) groups is 1. The van der Waals surface area contributed by atoms with Gasteiger partial charge in [-0.15, -0.1) is 11.3 Å². The highest BCUT2D eigenvalue weighted by Gasteiger charge is 2.28. The fourth-order valence-electron chi connectivity index (χ4n) is 2.98. The predicted molar refractivity (Wildman–Crippen MR) is 98.7 cm³/mol. The van der Waals surface area contributed by atoms with Crippen LogP contribution in [0, 0.1) is 11.8 Å². The van der Waals surface area contributed by atoms with Crippen molar-refractivity contribution in [1.29, 1.82) is 0 Å². The zero-order valence-electron chi connectivity index (χ0n) is 13.9. The van der Waals surface area contributed by atoms with Crippen LogP contribution in [-0.2, 0) is 4.79 Å². The van der Waals surface area contributed by atoms with Crippen molar-refractivity contribution < 1.29 is 9.90 Å². The van der Waals surface area contributed by atoms with Crippen molar-refractivity contribution in [2.24, 2.45) is 0 Å². The number of hydrogen-bond acceptors (Lipinski definition) is 4. The van der Waals surface area contributed by atoms with E-state index in [2.05, 4.69) is 33.4 Å². The molecule has 3 N–H and O–H groups in total. The topological polar surface area (TPSA) is 78.0 Å². The number of anilines is 1. The van der Waals surface area contributed by atoms with Gasteiger partial charge in [0.25, 0.3) is 0 Å². The average molecular weight is 351 g/mol. The number of aromatic nitrogens is 2. The van der Waals surface area contributed by atoms with Crippen LogP contribution in [0.25, 0.3) is 10.9 Å². The summed E-state index contributed by atoms with van der Waals surface area (Å²) in [5, 5.41) is 20.7. The van der Waals surface area contributed by atoms with Crippen LogP contribution in [0.15, 0.2) is 30.5 Å². The lowest BCUT2D eigenvalue weighted by molar-refractivity contribution is -0.116. The first kappa shape index (κ1) is 15.9. The molecule has 5 nitrogen and oxygen atoms in total. The van der Waals surface area contributed by atoms with Gasteiger partial charge in [-0.1, -0.05) is 11.8 Å². The molecular weight excluding hydrogens is 334 g/mol. The number of nitrogens with one attached hydrogen (secondary N) is 2. The fourth-order valence-corrected chi connectivity index (χ4v) is 3.96. The Bertz CT molecular complexity index is 1030. The lowest BCUT2D eigenvalue weighted by Gasteiger charge is -2.25. The summed E-state index contributed by atoms with van der Waals surface area (Å²) >= 11 is 1.57. The van der Waals surface area contributed by atoms with Gasteiger partial charge in [0, 0.05) is 28.3 Å². The summed E-state index contributed by atoms with van der Waals surface area (Å²) in [6, 6.07) is 7.98. The Morgan fingerprint density at radius 2 is 2.20 bits per heavy atom. The summed E-state index contributed by atoms with van der Waals surface area (Å²) < 4.78 is 0. The van der Waals surface area contributed by atoms with E-state index in [9.17, 15) is 9.90 Å². The second-order valence-electron chi connectivity index (χ2n) is 6.71. The lowest BCUT2D eigenvalue weighted by atomic mass is 9.88. The number of aliphatic hydroxyl groups is 1. The van der Waals surface area contributed by atoms with Gasteiger partial charge in [0.1, 0.15) is 5.60 Å². The number of carbonyl (C=O) groups excluding carboxylic acids is 1. The van der Waals surface area contributed by atoms with E-state index in [4.69, 9.17) is 0 Å². The Hall–Kier alpha value is -2.62. The molecule has 4 rings (SSSR count). The maximum atomic E-state index is 12.2. The van der Waals surface area contributed by atoms with E-state index in [1.807, 2.05) is 18.2 Å². The number of H-pyrrole nitrogens is 1. The molecule has 0 unspecified atom stereocenters. The number of hydrogen-bond donors (Lipinski definition) is 3. The molecule has 126 valence electrons. The first-order valence-corrected chi connectivity index (χ1v) is 8.83. The van der Waals surface area contributed by atoms with Gasteiger partial charge in [0.2, 0.25) is 5.91 Å². The van der Waals surface area contributed by atoms with Crippen LogP contribution in [-0.4, -0.2) is 26.8 Å². The van der Waals surface area contributed by atoms with Crippen LogP contribution in [0.2, 0.25) is 0 Å². The summed E-state index contributed by atoms with van der Waals surface area (Å²) in [5.41, 5.74) is 1.81. The maximum absolute atomic E-state index is 12.2. The molecule has 6 heteroatoms. The molecule has 0 saturated carbocycles. The zero-order chi connectivity index (χ0) is 17.6. The van der Waals surface area contributed by atoms with Gasteiger partial charge >= 0.3 is 0 Å². The number of amides is 1. The first-order valence-electron chi connectivity index (χ1n) is 8.01. The quantitative estimate of drug-likeness (QED) is 0.589. The third kappa shape index (κ3) is 3.16. The molecule has 0 aliphatic carbocycles. The van der Waals surface area contributed by atoms with Gasteiger partial charge in [-0.05, 0) is 43.7 Å². The molecule has 0 fully saturated rings. The van der Waals surface area contributed by atoms with E-state index in [0.717, 1.165) is 31.9 Å². The van der Waals surface area contributed by atoms with E-state index in [-0.39, 0.29) is 11.8 Å². The third-order valence-corrected chi connectivity index (χ3v) is 5.23. The fraction of sp³-hybridized carbons (Fsp3) is 0.263. The molecule has 0 bridgehead atoms. The zero-order valence-corrected chi connectivity index (χ0v) is 14.7. The molecule has 25 heavy (non-hydrogen) atoms. The molecule has 1 atom stereocenters. The minimum absolute atomic E-state index is 0.00531. The maximum Gasteiger partial charge on any atom is 0.225 e. The number of thiophene rings is 1. The van der Waals surface area contributed by atoms with Gasteiger partial charge in [0.15, 0.2) is 0 Å². The second kappa shape index (κ2) is 5.73. The highest BCUT2D eigenvalue weighted by Crippen LogP contribution is 2.41. The Labute approximate surface area is 149 Å². The number of benzene rings is 1. The summed E-state index contributed by atoms with van der Waals surface area (Å²) in [6.45, 7) is 3.32. The van der Waals surface area contributed by atoms with Crippen LogP contribution in [0.1, 0.15) is 41.5 Å². The number of rotatable bonds is 1. The van der Waals surface area contributed by atoms with Gasteiger partial charge in [0.05, 0.1) is 16.6 Å². The Kier molecular flexibility index (Phi) is 3.64. The van der Waals surface area contributed by atoms with Gasteiger partial charge < -0.3 is 10.4 Å². The van der Waals surface area contributed by atoms with E-state index < -0.39 is 5.60 Å². The molecule has 0 radical (unpaired) electrons. The SMILES string of the molecule is CC(C)(O)C#Cc1ccc([C@H]2CC(=O)Nc3cc4[nH]ncc4cc32)s1. The standard InChI is InChI=1S/C19H17N3O2S/c1-19(2,24)6-5-12-3-4-17(25-12)14-8-18(23)21-16-9-15-11(7-13(14)16)10-20-22-15/h3-4,7,9-10,14,24H,8H2,1-2H3,(H,20,22)(H,21,23)/t14-/m0/s1.